The Balaban J connectivity index is 1.96. The molecule has 0 spiro atoms. The smallest absolute Gasteiger partial charge is 0.286 e. The number of hydrogen-bond donors (Lipinski definition) is 2. The summed E-state index contributed by atoms with van der Waals surface area (Å²) in [7, 11) is 0. The second-order valence-corrected chi connectivity index (χ2v) is 6.65. The van der Waals surface area contributed by atoms with Gasteiger partial charge in [-0.15, -0.1) is 0 Å². The van der Waals surface area contributed by atoms with Crippen LogP contribution in [-0.2, 0) is 16.1 Å². The van der Waals surface area contributed by atoms with Gasteiger partial charge < -0.3 is 15.4 Å². The van der Waals surface area contributed by atoms with Crippen LogP contribution in [0, 0.1) is 0 Å². The molecule has 23 heavy (non-hydrogen) atoms. The lowest BCUT2D eigenvalue weighted by atomic mass is 10.1. The minimum atomic E-state index is -0.286. The van der Waals surface area contributed by atoms with Crippen molar-refractivity contribution >= 4 is 11.8 Å². The Hall–Kier alpha value is -2.30. The summed E-state index contributed by atoms with van der Waals surface area (Å²) in [5.74, 6) is 0.0520. The molecule has 0 fully saturated rings. The van der Waals surface area contributed by atoms with E-state index in [2.05, 4.69) is 10.6 Å². The van der Waals surface area contributed by atoms with E-state index in [0.717, 1.165) is 18.4 Å². The van der Waals surface area contributed by atoms with Crippen molar-refractivity contribution in [2.45, 2.75) is 45.7 Å². The van der Waals surface area contributed by atoms with Crippen molar-refractivity contribution < 1.29 is 14.3 Å². The molecule has 2 amide bonds. The molecule has 0 saturated heterocycles. The molecule has 2 N–H and O–H groups in total. The fourth-order valence-electron chi connectivity index (χ4n) is 2.22. The molecule has 0 aliphatic carbocycles. The van der Waals surface area contributed by atoms with Gasteiger partial charge in [0.25, 0.3) is 11.8 Å². The summed E-state index contributed by atoms with van der Waals surface area (Å²) in [6.07, 6.45) is 3.62. The molecule has 5 nitrogen and oxygen atoms in total. The van der Waals surface area contributed by atoms with E-state index >= 15 is 0 Å². The zero-order valence-corrected chi connectivity index (χ0v) is 13.9. The monoisotopic (exact) mass is 316 g/mol. The molecule has 2 rings (SSSR count). The Bertz CT molecular complexity index is 615. The van der Waals surface area contributed by atoms with Gasteiger partial charge in [-0.3, -0.25) is 9.59 Å². The summed E-state index contributed by atoms with van der Waals surface area (Å²) in [5.41, 5.74) is 1.17. The normalized spacial score (nSPS) is 14.5. The van der Waals surface area contributed by atoms with Crippen molar-refractivity contribution in [2.75, 3.05) is 6.61 Å². The topological polar surface area (TPSA) is 67.4 Å². The highest BCUT2D eigenvalue weighted by molar-refractivity contribution is 5.95. The van der Waals surface area contributed by atoms with Gasteiger partial charge >= 0.3 is 0 Å². The van der Waals surface area contributed by atoms with Gasteiger partial charge in [0.05, 0.1) is 6.61 Å². The number of carbonyl (C=O) groups excluding carboxylic acids is 2. The van der Waals surface area contributed by atoms with E-state index < -0.39 is 0 Å². The summed E-state index contributed by atoms with van der Waals surface area (Å²) < 4.78 is 5.33. The molecule has 124 valence electrons. The number of nitrogens with one attached hydrogen (secondary N) is 2. The maximum Gasteiger partial charge on any atom is 0.286 e. The first kappa shape index (κ1) is 17.1. The Morgan fingerprint density at radius 3 is 2.65 bits per heavy atom. The SMILES string of the molecule is CC(C)(C)NC(=O)c1cccc(CNC(=O)C2=CCCCO2)c1. The van der Waals surface area contributed by atoms with Crippen LogP contribution in [0.25, 0.3) is 0 Å². The van der Waals surface area contributed by atoms with E-state index in [1.165, 1.54) is 0 Å². The summed E-state index contributed by atoms with van der Waals surface area (Å²) in [6.45, 7) is 6.75. The Kier molecular flexibility index (Phi) is 5.42. The van der Waals surface area contributed by atoms with Gasteiger partial charge in [0.2, 0.25) is 0 Å². The first-order valence-corrected chi connectivity index (χ1v) is 7.88. The number of allylic oxidation sites excluding steroid dienone is 1. The van der Waals surface area contributed by atoms with Crippen molar-refractivity contribution in [3.63, 3.8) is 0 Å². The number of amides is 2. The van der Waals surface area contributed by atoms with Crippen LogP contribution in [0.3, 0.4) is 0 Å². The van der Waals surface area contributed by atoms with Crippen molar-refractivity contribution in [1.82, 2.24) is 10.6 Å². The molecule has 0 saturated carbocycles. The first-order valence-electron chi connectivity index (χ1n) is 7.88. The molecule has 1 aliphatic heterocycles. The summed E-state index contributed by atoms with van der Waals surface area (Å²) in [6, 6.07) is 7.25. The van der Waals surface area contributed by atoms with Crippen LogP contribution in [-0.4, -0.2) is 24.0 Å². The molecule has 0 aromatic heterocycles. The molecular formula is C18H24N2O3. The van der Waals surface area contributed by atoms with Gasteiger partial charge in [-0.25, -0.2) is 0 Å². The van der Waals surface area contributed by atoms with Crippen molar-refractivity contribution in [1.29, 1.82) is 0 Å². The molecular weight excluding hydrogens is 292 g/mol. The van der Waals surface area contributed by atoms with E-state index in [4.69, 9.17) is 4.74 Å². The number of ether oxygens (including phenoxy) is 1. The van der Waals surface area contributed by atoms with Crippen LogP contribution >= 0.6 is 0 Å². The van der Waals surface area contributed by atoms with Crippen LogP contribution in [0.4, 0.5) is 0 Å². The lowest BCUT2D eigenvalue weighted by Crippen LogP contribution is -2.40. The van der Waals surface area contributed by atoms with Crippen LogP contribution < -0.4 is 10.6 Å². The zero-order chi connectivity index (χ0) is 16.9. The van der Waals surface area contributed by atoms with E-state index in [0.29, 0.717) is 24.5 Å². The van der Waals surface area contributed by atoms with Crippen LogP contribution in [0.1, 0.15) is 49.5 Å². The first-order chi connectivity index (χ1) is 10.8. The molecule has 1 aliphatic rings. The Labute approximate surface area is 137 Å². The Morgan fingerprint density at radius 2 is 2.00 bits per heavy atom. The highest BCUT2D eigenvalue weighted by atomic mass is 16.5. The molecule has 0 atom stereocenters. The number of rotatable bonds is 4. The fraction of sp³-hybridized carbons (Fsp3) is 0.444. The number of hydrogen-bond acceptors (Lipinski definition) is 3. The second-order valence-electron chi connectivity index (χ2n) is 6.65. The third kappa shape index (κ3) is 5.43. The summed E-state index contributed by atoms with van der Waals surface area (Å²) >= 11 is 0. The largest absolute Gasteiger partial charge is 0.488 e. The number of benzene rings is 1. The van der Waals surface area contributed by atoms with Crippen molar-refractivity contribution in [3.8, 4) is 0 Å². The summed E-state index contributed by atoms with van der Waals surface area (Å²) in [4.78, 5) is 24.2. The standard InChI is InChI=1S/C18H24N2O3/c1-18(2,3)20-16(21)14-8-6-7-13(11-14)12-19-17(22)15-9-4-5-10-23-15/h6-9,11H,4-5,10,12H2,1-3H3,(H,19,22)(H,20,21). The highest BCUT2D eigenvalue weighted by Crippen LogP contribution is 2.11. The van der Waals surface area contributed by atoms with Gasteiger partial charge in [0.1, 0.15) is 0 Å². The van der Waals surface area contributed by atoms with E-state index in [-0.39, 0.29) is 17.4 Å². The lowest BCUT2D eigenvalue weighted by Gasteiger charge is -2.20. The molecule has 0 radical (unpaired) electrons. The van der Waals surface area contributed by atoms with Gasteiger partial charge in [-0.2, -0.15) is 0 Å². The van der Waals surface area contributed by atoms with Crippen molar-refractivity contribution in [2.24, 2.45) is 0 Å². The van der Waals surface area contributed by atoms with Gasteiger partial charge in [0, 0.05) is 17.6 Å². The van der Waals surface area contributed by atoms with Crippen LogP contribution in [0.15, 0.2) is 36.1 Å². The van der Waals surface area contributed by atoms with E-state index in [9.17, 15) is 9.59 Å². The molecule has 0 bridgehead atoms. The second kappa shape index (κ2) is 7.31. The third-order valence-corrected chi connectivity index (χ3v) is 3.29. The van der Waals surface area contributed by atoms with Crippen molar-refractivity contribution in [3.05, 3.63) is 47.2 Å². The van der Waals surface area contributed by atoms with E-state index in [1.807, 2.05) is 39.0 Å². The quantitative estimate of drug-likeness (QED) is 0.897. The Morgan fingerprint density at radius 1 is 1.22 bits per heavy atom. The fourth-order valence-corrected chi connectivity index (χ4v) is 2.22. The zero-order valence-electron chi connectivity index (χ0n) is 13.9. The molecule has 1 heterocycles. The predicted octanol–water partition coefficient (Wildman–Crippen LogP) is 2.53. The van der Waals surface area contributed by atoms with E-state index in [1.54, 1.807) is 12.1 Å². The van der Waals surface area contributed by atoms with Crippen LogP contribution in [0.2, 0.25) is 0 Å². The molecule has 5 heteroatoms. The minimum absolute atomic E-state index is 0.121. The minimum Gasteiger partial charge on any atom is -0.488 e. The average Bonchev–Trinajstić information content (AvgIpc) is 2.52. The highest BCUT2D eigenvalue weighted by Gasteiger charge is 2.16. The molecule has 1 aromatic carbocycles. The van der Waals surface area contributed by atoms with Gasteiger partial charge in [0.15, 0.2) is 5.76 Å². The van der Waals surface area contributed by atoms with Crippen LogP contribution in [0.5, 0.6) is 0 Å². The molecule has 0 unspecified atom stereocenters. The lowest BCUT2D eigenvalue weighted by molar-refractivity contribution is -0.121. The predicted molar refractivity (Wildman–Crippen MR) is 88.8 cm³/mol. The van der Waals surface area contributed by atoms with Gasteiger partial charge in [-0.1, -0.05) is 12.1 Å². The average molecular weight is 316 g/mol. The third-order valence-electron chi connectivity index (χ3n) is 3.29. The summed E-state index contributed by atoms with van der Waals surface area (Å²) in [5, 5.41) is 5.74. The maximum absolute atomic E-state index is 12.2. The van der Waals surface area contributed by atoms with Gasteiger partial charge in [-0.05, 0) is 57.4 Å². The number of carbonyl (C=O) groups is 2. The maximum atomic E-state index is 12.2. The molecule has 1 aromatic rings.